The Morgan fingerprint density at radius 1 is 0.561 bits per heavy atom. The molecule has 7 unspecified atom stereocenters. The number of unbranched alkanes of at least 4 members (excludes halogenated alkanes) is 15. The van der Waals surface area contributed by atoms with Crippen molar-refractivity contribution in [3.63, 3.8) is 0 Å². The van der Waals surface area contributed by atoms with Crippen molar-refractivity contribution in [1.82, 2.24) is 0 Å². The fourth-order valence-electron chi connectivity index (χ4n) is 5.99. The van der Waals surface area contributed by atoms with Crippen molar-refractivity contribution in [1.29, 1.82) is 0 Å². The van der Waals surface area contributed by atoms with Gasteiger partial charge in [-0.2, -0.15) is 0 Å². The molecule has 0 aromatic heterocycles. The first-order chi connectivity index (χ1) is 27.4. The molecular formula is C47H72O10. The Bertz CT molecular complexity index is 1330. The van der Waals surface area contributed by atoms with E-state index in [-0.39, 0.29) is 12.2 Å². The molecule has 0 aliphatic carbocycles. The van der Waals surface area contributed by atoms with E-state index in [9.17, 15) is 45.3 Å². The van der Waals surface area contributed by atoms with Crippen LogP contribution in [0.3, 0.4) is 0 Å². The number of carboxylic acids is 1. The molecule has 0 amide bonds. The maximum atomic E-state index is 12.2. The number of hydrogen-bond acceptors (Lipinski definition) is 9. The first kappa shape index (κ1) is 53.6. The SMILES string of the molecule is C#CC(O)/C=C/C(O)CCCC(O)CC#CC(O)C#CCCCCC(=O)CCCCC/C=C/C(O)CCCCCCCCCCCCCC(O)C(O)C#CC(=O)O. The molecule has 0 aromatic carbocycles. The standard InChI is InChI=1S/C47H72O10/c1-2-39(48)35-36-44(53)33-24-32-43(52)31-23-30-42(51)29-21-16-15-20-28-41(50)27-19-13-10-12-18-26-40(49)25-17-11-8-6-4-3-5-7-9-14-22-34-45(54)46(55)37-38-47(56)57/h1,18,26,35-36,39-40,42-46,48-49,51-55H,3-17,19-20,22,24-25,27-28,31-34H2,(H,56,57)/b26-18+,36-35+. The second kappa shape index (κ2) is 38.1. The predicted molar refractivity (Wildman–Crippen MR) is 225 cm³/mol. The summed E-state index contributed by atoms with van der Waals surface area (Å²) in [5.74, 6) is 16.0. The van der Waals surface area contributed by atoms with E-state index in [0.717, 1.165) is 83.5 Å². The van der Waals surface area contributed by atoms with Crippen LogP contribution >= 0.6 is 0 Å². The highest BCUT2D eigenvalue weighted by molar-refractivity contribution is 5.86. The maximum absolute atomic E-state index is 12.2. The molecule has 0 radical (unpaired) electrons. The maximum Gasteiger partial charge on any atom is 0.381 e. The van der Waals surface area contributed by atoms with E-state index in [1.54, 1.807) is 0 Å². The average Bonchev–Trinajstić information content (AvgIpc) is 3.18. The zero-order chi connectivity index (χ0) is 42.4. The molecule has 0 aliphatic heterocycles. The fourth-order valence-corrected chi connectivity index (χ4v) is 5.99. The van der Waals surface area contributed by atoms with Crippen molar-refractivity contribution >= 4 is 11.8 Å². The molecule has 10 heteroatoms. The van der Waals surface area contributed by atoms with Crippen LogP contribution in [0, 0.1) is 47.9 Å². The van der Waals surface area contributed by atoms with Crippen LogP contribution in [-0.2, 0) is 9.59 Å². The first-order valence-electron chi connectivity index (χ1n) is 21.2. The van der Waals surface area contributed by atoms with Crippen LogP contribution < -0.4 is 0 Å². The number of aliphatic carboxylic acids is 1. The van der Waals surface area contributed by atoms with Crippen molar-refractivity contribution in [2.45, 2.75) is 210 Å². The van der Waals surface area contributed by atoms with E-state index in [1.165, 1.54) is 44.3 Å². The van der Waals surface area contributed by atoms with Gasteiger partial charge in [0.1, 0.15) is 18.0 Å². The number of carbonyl (C=O) groups is 2. The number of terminal acetylenes is 1. The van der Waals surface area contributed by atoms with E-state index in [1.807, 2.05) is 12.0 Å². The molecule has 0 heterocycles. The van der Waals surface area contributed by atoms with Gasteiger partial charge in [-0.3, -0.25) is 4.79 Å². The highest BCUT2D eigenvalue weighted by atomic mass is 16.4. The molecule has 320 valence electrons. The fraction of sp³-hybridized carbons (Fsp3) is 0.702. The smallest absolute Gasteiger partial charge is 0.381 e. The Morgan fingerprint density at radius 2 is 1.11 bits per heavy atom. The van der Waals surface area contributed by atoms with Gasteiger partial charge in [0, 0.05) is 31.6 Å². The summed E-state index contributed by atoms with van der Waals surface area (Å²) in [5.41, 5.74) is 0. The van der Waals surface area contributed by atoms with Gasteiger partial charge in [-0.25, -0.2) is 4.79 Å². The summed E-state index contributed by atoms with van der Waals surface area (Å²) in [4.78, 5) is 22.6. The number of hydrogen-bond donors (Lipinski definition) is 8. The predicted octanol–water partition coefficient (Wildman–Crippen LogP) is 6.06. The number of aliphatic hydroxyl groups excluding tert-OH is 7. The largest absolute Gasteiger partial charge is 0.472 e. The second-order valence-electron chi connectivity index (χ2n) is 14.8. The van der Waals surface area contributed by atoms with E-state index in [0.29, 0.717) is 44.9 Å². The molecule has 0 aromatic rings. The molecule has 0 saturated carbocycles. The lowest BCUT2D eigenvalue weighted by molar-refractivity contribution is -0.130. The van der Waals surface area contributed by atoms with Gasteiger partial charge in [-0.15, -0.1) is 6.42 Å². The van der Waals surface area contributed by atoms with Gasteiger partial charge >= 0.3 is 5.97 Å². The lowest BCUT2D eigenvalue weighted by atomic mass is 10.0. The van der Waals surface area contributed by atoms with E-state index < -0.39 is 48.7 Å². The number of rotatable bonds is 33. The van der Waals surface area contributed by atoms with Crippen molar-refractivity contribution in [3.05, 3.63) is 24.3 Å². The van der Waals surface area contributed by atoms with E-state index >= 15 is 0 Å². The second-order valence-corrected chi connectivity index (χ2v) is 14.8. The monoisotopic (exact) mass is 797 g/mol. The summed E-state index contributed by atoms with van der Waals surface area (Å²) in [7, 11) is 0. The van der Waals surface area contributed by atoms with Crippen molar-refractivity contribution in [2.24, 2.45) is 0 Å². The third-order valence-electron chi connectivity index (χ3n) is 9.42. The minimum atomic E-state index is -1.32. The molecule has 7 atom stereocenters. The minimum Gasteiger partial charge on any atom is -0.472 e. The molecule has 0 saturated heterocycles. The van der Waals surface area contributed by atoms with Gasteiger partial charge in [0.25, 0.3) is 0 Å². The average molecular weight is 797 g/mol. The molecule has 0 spiro atoms. The molecular weight excluding hydrogens is 725 g/mol. The summed E-state index contributed by atoms with van der Waals surface area (Å²) >= 11 is 0. The minimum absolute atomic E-state index is 0.195. The quantitative estimate of drug-likeness (QED) is 0.0220. The topological polar surface area (TPSA) is 196 Å². The van der Waals surface area contributed by atoms with Crippen LogP contribution in [0.15, 0.2) is 24.3 Å². The third kappa shape index (κ3) is 37.9. The highest BCUT2D eigenvalue weighted by Crippen LogP contribution is 2.15. The summed E-state index contributed by atoms with van der Waals surface area (Å²) < 4.78 is 0. The van der Waals surface area contributed by atoms with Gasteiger partial charge in [-0.1, -0.05) is 131 Å². The van der Waals surface area contributed by atoms with Gasteiger partial charge in [0.15, 0.2) is 6.10 Å². The Balaban J connectivity index is 3.68. The number of ketones is 1. The van der Waals surface area contributed by atoms with Crippen LogP contribution in [0.1, 0.15) is 167 Å². The number of aliphatic hydroxyl groups is 7. The van der Waals surface area contributed by atoms with Crippen LogP contribution in [0.25, 0.3) is 0 Å². The number of Topliss-reactive ketones (excluding diaryl/α,β-unsaturated/α-hetero) is 1. The number of carboxylic acid groups (broad SMARTS) is 1. The summed E-state index contributed by atoms with van der Waals surface area (Å²) in [6.07, 6.45) is 27.4. The summed E-state index contributed by atoms with van der Waals surface area (Å²) in [6, 6.07) is 0. The zero-order valence-electron chi connectivity index (χ0n) is 34.2. The highest BCUT2D eigenvalue weighted by Gasteiger charge is 2.13. The Hall–Kier alpha value is -3.42. The van der Waals surface area contributed by atoms with Gasteiger partial charge in [0.05, 0.1) is 24.4 Å². The van der Waals surface area contributed by atoms with Gasteiger partial charge in [-0.05, 0) is 70.3 Å². The van der Waals surface area contributed by atoms with Crippen LogP contribution in [0.2, 0.25) is 0 Å². The number of allylic oxidation sites excluding steroid dienone is 1. The molecule has 0 fully saturated rings. The summed E-state index contributed by atoms with van der Waals surface area (Å²) in [6.45, 7) is 0. The molecule has 10 nitrogen and oxygen atoms in total. The first-order valence-corrected chi connectivity index (χ1v) is 21.2. The van der Waals surface area contributed by atoms with Gasteiger partial charge < -0.3 is 40.9 Å². The Labute approximate surface area is 343 Å². The molecule has 57 heavy (non-hydrogen) atoms. The molecule has 0 rings (SSSR count). The third-order valence-corrected chi connectivity index (χ3v) is 9.42. The van der Waals surface area contributed by atoms with Crippen LogP contribution in [0.4, 0.5) is 0 Å². The van der Waals surface area contributed by atoms with Crippen LogP contribution in [0.5, 0.6) is 0 Å². The Kier molecular flexibility index (Phi) is 35.8. The van der Waals surface area contributed by atoms with Crippen LogP contribution in [-0.4, -0.2) is 95.3 Å². The lowest BCUT2D eigenvalue weighted by Crippen LogP contribution is -2.24. The normalized spacial score (nSPS) is 14.8. The van der Waals surface area contributed by atoms with E-state index in [4.69, 9.17) is 11.5 Å². The van der Waals surface area contributed by atoms with E-state index in [2.05, 4.69) is 41.6 Å². The molecule has 0 bridgehead atoms. The van der Waals surface area contributed by atoms with Crippen molar-refractivity contribution < 1.29 is 50.4 Å². The van der Waals surface area contributed by atoms with Crippen molar-refractivity contribution in [3.8, 4) is 47.9 Å². The number of carbonyl (C=O) groups excluding carboxylic acids is 1. The molecule has 0 aliphatic rings. The zero-order valence-corrected chi connectivity index (χ0v) is 34.2. The van der Waals surface area contributed by atoms with Gasteiger partial charge in [0.2, 0.25) is 0 Å². The Morgan fingerprint density at radius 3 is 1.74 bits per heavy atom. The summed E-state index contributed by atoms with van der Waals surface area (Å²) in [5, 5.41) is 77.2. The van der Waals surface area contributed by atoms with Crippen molar-refractivity contribution in [2.75, 3.05) is 0 Å². The lowest BCUT2D eigenvalue weighted by Gasteiger charge is -2.12. The molecule has 8 N–H and O–H groups in total.